The van der Waals surface area contributed by atoms with E-state index in [1.54, 1.807) is 29.9 Å². The van der Waals surface area contributed by atoms with Crippen molar-refractivity contribution in [3.05, 3.63) is 40.8 Å². The SMILES string of the molecule is FC(F)Oc1ccccc1NCc1cncs1. The summed E-state index contributed by atoms with van der Waals surface area (Å²) in [5.41, 5.74) is 2.26. The second-order valence-corrected chi connectivity index (χ2v) is 4.17. The Labute approximate surface area is 101 Å². The van der Waals surface area contributed by atoms with Crippen molar-refractivity contribution >= 4 is 17.0 Å². The highest BCUT2D eigenvalue weighted by molar-refractivity contribution is 7.09. The molecule has 0 atom stereocenters. The molecule has 0 aliphatic heterocycles. The number of halogens is 2. The van der Waals surface area contributed by atoms with E-state index < -0.39 is 6.61 Å². The number of alkyl halides is 2. The predicted octanol–water partition coefficient (Wildman–Crippen LogP) is 3.36. The molecule has 0 aliphatic rings. The Morgan fingerprint density at radius 2 is 2.18 bits per heavy atom. The van der Waals surface area contributed by atoms with Gasteiger partial charge in [-0.2, -0.15) is 8.78 Å². The van der Waals surface area contributed by atoms with Gasteiger partial charge in [-0.3, -0.25) is 4.98 Å². The number of hydrogen-bond acceptors (Lipinski definition) is 4. The molecule has 2 rings (SSSR count). The van der Waals surface area contributed by atoms with Gasteiger partial charge in [0.15, 0.2) is 0 Å². The molecule has 0 unspecified atom stereocenters. The van der Waals surface area contributed by atoms with Gasteiger partial charge < -0.3 is 10.1 Å². The summed E-state index contributed by atoms with van der Waals surface area (Å²) in [6, 6.07) is 6.60. The molecule has 1 heterocycles. The van der Waals surface area contributed by atoms with E-state index in [1.807, 2.05) is 0 Å². The van der Waals surface area contributed by atoms with Crippen molar-refractivity contribution < 1.29 is 13.5 Å². The second-order valence-electron chi connectivity index (χ2n) is 3.20. The van der Waals surface area contributed by atoms with Crippen LogP contribution in [0.15, 0.2) is 36.0 Å². The standard InChI is InChI=1S/C11H10F2N2OS/c12-11(13)16-10-4-2-1-3-9(10)15-6-8-5-14-7-17-8/h1-5,7,11,15H,6H2. The Morgan fingerprint density at radius 3 is 2.88 bits per heavy atom. The van der Waals surface area contributed by atoms with Gasteiger partial charge in [0.25, 0.3) is 0 Å². The summed E-state index contributed by atoms with van der Waals surface area (Å²) < 4.78 is 28.7. The molecule has 1 aromatic carbocycles. The molecule has 0 amide bonds. The molecule has 6 heteroatoms. The number of benzene rings is 1. The number of rotatable bonds is 5. The third kappa shape index (κ3) is 3.39. The van der Waals surface area contributed by atoms with Gasteiger partial charge in [0.2, 0.25) is 0 Å². The molecule has 0 bridgehead atoms. The van der Waals surface area contributed by atoms with Crippen molar-refractivity contribution in [1.82, 2.24) is 4.98 Å². The monoisotopic (exact) mass is 256 g/mol. The Morgan fingerprint density at radius 1 is 1.35 bits per heavy atom. The van der Waals surface area contributed by atoms with Crippen LogP contribution in [0.3, 0.4) is 0 Å². The first-order chi connectivity index (χ1) is 8.25. The van der Waals surface area contributed by atoms with Gasteiger partial charge in [0, 0.05) is 11.1 Å². The van der Waals surface area contributed by atoms with E-state index >= 15 is 0 Å². The molecule has 0 fully saturated rings. The molecule has 0 saturated carbocycles. The van der Waals surface area contributed by atoms with Gasteiger partial charge in [-0.25, -0.2) is 0 Å². The van der Waals surface area contributed by atoms with Crippen molar-refractivity contribution in [2.24, 2.45) is 0 Å². The summed E-state index contributed by atoms with van der Waals surface area (Å²) in [5, 5.41) is 3.03. The van der Waals surface area contributed by atoms with Crippen LogP contribution in [0, 0.1) is 0 Å². The van der Waals surface area contributed by atoms with Crippen molar-refractivity contribution in [3.63, 3.8) is 0 Å². The molecule has 0 aliphatic carbocycles. The maximum absolute atomic E-state index is 12.2. The Bertz CT molecular complexity index is 462. The smallest absolute Gasteiger partial charge is 0.387 e. The van der Waals surface area contributed by atoms with Crippen LogP contribution < -0.4 is 10.1 Å². The molecule has 0 saturated heterocycles. The number of aromatic nitrogens is 1. The highest BCUT2D eigenvalue weighted by atomic mass is 32.1. The third-order valence-electron chi connectivity index (χ3n) is 2.04. The van der Waals surface area contributed by atoms with Gasteiger partial charge in [-0.1, -0.05) is 12.1 Å². The molecule has 2 aromatic rings. The van der Waals surface area contributed by atoms with E-state index in [9.17, 15) is 8.78 Å². The number of anilines is 1. The Hall–Kier alpha value is -1.69. The minimum atomic E-state index is -2.82. The number of hydrogen-bond donors (Lipinski definition) is 1. The largest absolute Gasteiger partial charge is 0.433 e. The summed E-state index contributed by atoms with van der Waals surface area (Å²) in [7, 11) is 0. The average molecular weight is 256 g/mol. The lowest BCUT2D eigenvalue weighted by Crippen LogP contribution is -2.06. The first kappa shape index (κ1) is 11.8. The van der Waals surface area contributed by atoms with Gasteiger partial charge in [-0.15, -0.1) is 11.3 Å². The number of ether oxygens (including phenoxy) is 1. The van der Waals surface area contributed by atoms with Gasteiger partial charge >= 0.3 is 6.61 Å². The van der Waals surface area contributed by atoms with Crippen LogP contribution in [0.2, 0.25) is 0 Å². The van der Waals surface area contributed by atoms with E-state index in [0.29, 0.717) is 12.2 Å². The van der Waals surface area contributed by atoms with E-state index in [2.05, 4.69) is 15.0 Å². The summed E-state index contributed by atoms with van der Waals surface area (Å²) in [5.74, 6) is 0.145. The molecule has 0 radical (unpaired) electrons. The maximum Gasteiger partial charge on any atom is 0.387 e. The van der Waals surface area contributed by atoms with Gasteiger partial charge in [-0.05, 0) is 12.1 Å². The fourth-order valence-electron chi connectivity index (χ4n) is 1.32. The minimum Gasteiger partial charge on any atom is -0.433 e. The van der Waals surface area contributed by atoms with Gasteiger partial charge in [0.1, 0.15) is 5.75 Å². The molecular formula is C11H10F2N2OS. The fraction of sp³-hybridized carbons (Fsp3) is 0.182. The topological polar surface area (TPSA) is 34.1 Å². The summed E-state index contributed by atoms with van der Waals surface area (Å²) >= 11 is 1.50. The van der Waals surface area contributed by atoms with Crippen LogP contribution in [0.5, 0.6) is 5.75 Å². The second kappa shape index (κ2) is 5.58. The van der Waals surface area contributed by atoms with Crippen LogP contribution >= 0.6 is 11.3 Å². The normalized spacial score (nSPS) is 10.5. The number of nitrogens with one attached hydrogen (secondary N) is 1. The Balaban J connectivity index is 2.04. The number of nitrogens with zero attached hydrogens (tertiary/aromatic N) is 1. The predicted molar refractivity (Wildman–Crippen MR) is 62.5 cm³/mol. The van der Waals surface area contributed by atoms with E-state index in [1.165, 1.54) is 17.4 Å². The fourth-order valence-corrected chi connectivity index (χ4v) is 1.86. The van der Waals surface area contributed by atoms with Crippen LogP contribution in [-0.4, -0.2) is 11.6 Å². The minimum absolute atomic E-state index is 0.145. The summed E-state index contributed by atoms with van der Waals surface area (Å²) in [6.07, 6.45) is 1.73. The molecule has 1 N–H and O–H groups in total. The zero-order chi connectivity index (χ0) is 12.1. The first-order valence-electron chi connectivity index (χ1n) is 4.91. The van der Waals surface area contributed by atoms with E-state index in [4.69, 9.17) is 0 Å². The molecule has 0 spiro atoms. The quantitative estimate of drug-likeness (QED) is 0.890. The molecule has 17 heavy (non-hydrogen) atoms. The van der Waals surface area contributed by atoms with Crippen molar-refractivity contribution in [3.8, 4) is 5.75 Å². The Kier molecular flexibility index (Phi) is 3.87. The average Bonchev–Trinajstić information content (AvgIpc) is 2.80. The zero-order valence-electron chi connectivity index (χ0n) is 8.77. The highest BCUT2D eigenvalue weighted by Gasteiger charge is 2.08. The van der Waals surface area contributed by atoms with E-state index in [-0.39, 0.29) is 5.75 Å². The van der Waals surface area contributed by atoms with Crippen LogP contribution in [0.25, 0.3) is 0 Å². The molecular weight excluding hydrogens is 246 g/mol. The lowest BCUT2D eigenvalue weighted by molar-refractivity contribution is -0.0493. The van der Waals surface area contributed by atoms with Crippen LogP contribution in [0.1, 0.15) is 4.88 Å². The van der Waals surface area contributed by atoms with Crippen molar-refractivity contribution in [2.45, 2.75) is 13.2 Å². The summed E-state index contributed by atoms with van der Waals surface area (Å²) in [4.78, 5) is 4.96. The number of para-hydroxylation sites is 2. The first-order valence-corrected chi connectivity index (χ1v) is 5.79. The van der Waals surface area contributed by atoms with Crippen molar-refractivity contribution in [1.29, 1.82) is 0 Å². The molecule has 3 nitrogen and oxygen atoms in total. The van der Waals surface area contributed by atoms with Gasteiger partial charge in [0.05, 0.1) is 17.7 Å². The van der Waals surface area contributed by atoms with Crippen LogP contribution in [0.4, 0.5) is 14.5 Å². The third-order valence-corrected chi connectivity index (χ3v) is 2.82. The molecule has 90 valence electrons. The lowest BCUT2D eigenvalue weighted by Gasteiger charge is -2.11. The van der Waals surface area contributed by atoms with E-state index in [0.717, 1.165) is 4.88 Å². The zero-order valence-corrected chi connectivity index (χ0v) is 9.58. The number of thiazole rings is 1. The maximum atomic E-state index is 12.2. The lowest BCUT2D eigenvalue weighted by atomic mass is 10.3. The summed E-state index contributed by atoms with van der Waals surface area (Å²) in [6.45, 7) is -2.28. The van der Waals surface area contributed by atoms with Crippen molar-refractivity contribution in [2.75, 3.05) is 5.32 Å². The van der Waals surface area contributed by atoms with Crippen LogP contribution in [-0.2, 0) is 6.54 Å². The highest BCUT2D eigenvalue weighted by Crippen LogP contribution is 2.26. The molecule has 1 aromatic heterocycles.